The molecule has 0 radical (unpaired) electrons. The van der Waals surface area contributed by atoms with Crippen LogP contribution in [0.3, 0.4) is 0 Å². The number of aromatic amines is 1. The van der Waals surface area contributed by atoms with Gasteiger partial charge >= 0.3 is 5.97 Å². The number of H-pyrrole nitrogens is 1. The van der Waals surface area contributed by atoms with E-state index in [4.69, 9.17) is 4.74 Å². The molecule has 0 saturated heterocycles. The van der Waals surface area contributed by atoms with E-state index in [1.165, 1.54) is 6.07 Å². The van der Waals surface area contributed by atoms with Crippen LogP contribution in [0, 0.1) is 6.92 Å². The predicted molar refractivity (Wildman–Crippen MR) is 88.6 cm³/mol. The fraction of sp³-hybridized carbons (Fsp3) is 0.294. The maximum Gasteiger partial charge on any atom is 0.307 e. The van der Waals surface area contributed by atoms with Crippen LogP contribution in [0.25, 0.3) is 11.4 Å². The number of carbonyl (C=O) groups is 2. The molecule has 0 aliphatic rings. The van der Waals surface area contributed by atoms with Crippen molar-refractivity contribution in [2.75, 3.05) is 13.2 Å². The van der Waals surface area contributed by atoms with Crippen LogP contribution in [-0.2, 0) is 9.53 Å². The predicted octanol–water partition coefficient (Wildman–Crippen LogP) is 1.43. The first kappa shape index (κ1) is 17.4. The molecule has 7 heteroatoms. The van der Waals surface area contributed by atoms with Gasteiger partial charge in [-0.05, 0) is 26.0 Å². The second-order valence-electron chi connectivity index (χ2n) is 5.12. The van der Waals surface area contributed by atoms with Crippen molar-refractivity contribution in [3.8, 4) is 11.4 Å². The maximum atomic E-state index is 12.0. The Morgan fingerprint density at radius 2 is 1.96 bits per heavy atom. The summed E-state index contributed by atoms with van der Waals surface area (Å²) in [5.41, 5.74) is 1.56. The molecule has 0 spiro atoms. The third-order valence-corrected chi connectivity index (χ3v) is 3.21. The van der Waals surface area contributed by atoms with E-state index in [-0.39, 0.29) is 30.4 Å². The van der Waals surface area contributed by atoms with Crippen LogP contribution >= 0.6 is 0 Å². The van der Waals surface area contributed by atoms with E-state index in [9.17, 15) is 14.4 Å². The van der Waals surface area contributed by atoms with E-state index in [2.05, 4.69) is 15.3 Å². The lowest BCUT2D eigenvalue weighted by atomic mass is 10.1. The summed E-state index contributed by atoms with van der Waals surface area (Å²) < 4.78 is 4.79. The molecule has 1 aromatic carbocycles. The van der Waals surface area contributed by atoms with Crippen molar-refractivity contribution in [2.45, 2.75) is 20.3 Å². The number of aromatic nitrogens is 2. The molecule has 2 N–H and O–H groups in total. The smallest absolute Gasteiger partial charge is 0.307 e. The first-order valence-electron chi connectivity index (χ1n) is 7.62. The normalized spacial score (nSPS) is 10.2. The van der Waals surface area contributed by atoms with Crippen LogP contribution in [0.5, 0.6) is 0 Å². The van der Waals surface area contributed by atoms with Gasteiger partial charge in [-0.25, -0.2) is 4.98 Å². The summed E-state index contributed by atoms with van der Waals surface area (Å²) in [4.78, 5) is 41.6. The van der Waals surface area contributed by atoms with E-state index in [1.54, 1.807) is 38.1 Å². The molecule has 0 fully saturated rings. The third kappa shape index (κ3) is 4.77. The molecule has 24 heavy (non-hydrogen) atoms. The Hall–Kier alpha value is -2.96. The molecule has 0 aliphatic heterocycles. The number of nitrogens with one attached hydrogen (secondary N) is 2. The van der Waals surface area contributed by atoms with Crippen molar-refractivity contribution >= 4 is 11.9 Å². The Kier molecular flexibility index (Phi) is 5.83. The van der Waals surface area contributed by atoms with Gasteiger partial charge in [0.15, 0.2) is 0 Å². The molecule has 1 amide bonds. The number of rotatable bonds is 6. The van der Waals surface area contributed by atoms with Crippen LogP contribution < -0.4 is 10.9 Å². The first-order valence-corrected chi connectivity index (χ1v) is 7.62. The second-order valence-corrected chi connectivity index (χ2v) is 5.12. The Labute approximate surface area is 139 Å². The first-order chi connectivity index (χ1) is 11.5. The number of nitrogens with zero attached hydrogens (tertiary/aromatic N) is 1. The van der Waals surface area contributed by atoms with Crippen LogP contribution in [-0.4, -0.2) is 35.0 Å². The van der Waals surface area contributed by atoms with Crippen LogP contribution in [0.4, 0.5) is 0 Å². The topological polar surface area (TPSA) is 101 Å². The Morgan fingerprint density at radius 3 is 2.58 bits per heavy atom. The molecular formula is C17H19N3O4. The zero-order valence-electron chi connectivity index (χ0n) is 13.6. The Morgan fingerprint density at radius 1 is 1.25 bits per heavy atom. The molecule has 0 bridgehead atoms. The average Bonchev–Trinajstić information content (AvgIpc) is 2.54. The second kappa shape index (κ2) is 8.05. The van der Waals surface area contributed by atoms with Gasteiger partial charge in [0.2, 0.25) is 0 Å². The summed E-state index contributed by atoms with van der Waals surface area (Å²) in [6, 6.07) is 8.10. The van der Waals surface area contributed by atoms with Crippen LogP contribution in [0.1, 0.15) is 29.4 Å². The van der Waals surface area contributed by atoms with Crippen molar-refractivity contribution in [3.63, 3.8) is 0 Å². The Bertz CT molecular complexity index is 781. The summed E-state index contributed by atoms with van der Waals surface area (Å²) in [5.74, 6) is -0.173. The SMILES string of the molecule is CCOC(=O)CCNC(=O)c1ccc(-c2nc(C)cc(=O)[nH]2)cc1. The fourth-order valence-corrected chi connectivity index (χ4v) is 2.11. The third-order valence-electron chi connectivity index (χ3n) is 3.21. The summed E-state index contributed by atoms with van der Waals surface area (Å²) in [6.07, 6.45) is 0.131. The van der Waals surface area contributed by atoms with Crippen molar-refractivity contribution in [3.05, 3.63) is 51.9 Å². The quantitative estimate of drug-likeness (QED) is 0.781. The lowest BCUT2D eigenvalue weighted by molar-refractivity contribution is -0.142. The molecule has 7 nitrogen and oxygen atoms in total. The molecule has 2 rings (SSSR count). The van der Waals surface area contributed by atoms with Gasteiger partial charge in [-0.3, -0.25) is 14.4 Å². The molecule has 0 unspecified atom stereocenters. The lowest BCUT2D eigenvalue weighted by Crippen LogP contribution is -2.26. The minimum atomic E-state index is -0.345. The summed E-state index contributed by atoms with van der Waals surface area (Å²) >= 11 is 0. The highest BCUT2D eigenvalue weighted by atomic mass is 16.5. The molecule has 126 valence electrons. The molecule has 0 atom stereocenters. The standard InChI is InChI=1S/C17H19N3O4/c1-3-24-15(22)8-9-18-17(23)13-6-4-12(5-7-13)16-19-11(2)10-14(21)20-16/h4-7,10H,3,8-9H2,1-2H3,(H,18,23)(H,19,20,21). The lowest BCUT2D eigenvalue weighted by Gasteiger charge is -2.06. The van der Waals surface area contributed by atoms with Gasteiger partial charge in [-0.15, -0.1) is 0 Å². The number of benzene rings is 1. The zero-order valence-corrected chi connectivity index (χ0v) is 13.6. The summed E-state index contributed by atoms with van der Waals surface area (Å²) in [5, 5.41) is 2.65. The average molecular weight is 329 g/mol. The molecule has 0 saturated carbocycles. The minimum Gasteiger partial charge on any atom is -0.466 e. The minimum absolute atomic E-state index is 0.131. The van der Waals surface area contributed by atoms with Crippen molar-refractivity contribution in [1.29, 1.82) is 0 Å². The molecule has 0 aliphatic carbocycles. The largest absolute Gasteiger partial charge is 0.466 e. The number of carbonyl (C=O) groups excluding carboxylic acids is 2. The van der Waals surface area contributed by atoms with Gasteiger partial charge in [-0.2, -0.15) is 0 Å². The highest BCUT2D eigenvalue weighted by Crippen LogP contribution is 2.14. The van der Waals surface area contributed by atoms with Crippen molar-refractivity contribution in [1.82, 2.24) is 15.3 Å². The van der Waals surface area contributed by atoms with Gasteiger partial charge in [0.25, 0.3) is 11.5 Å². The zero-order chi connectivity index (χ0) is 17.5. The van der Waals surface area contributed by atoms with Gasteiger partial charge in [0.1, 0.15) is 5.82 Å². The van der Waals surface area contributed by atoms with Gasteiger partial charge in [-0.1, -0.05) is 12.1 Å². The van der Waals surface area contributed by atoms with Gasteiger partial charge in [0.05, 0.1) is 13.0 Å². The van der Waals surface area contributed by atoms with Gasteiger partial charge in [0, 0.05) is 29.4 Å². The molecule has 2 aromatic rings. The maximum absolute atomic E-state index is 12.0. The van der Waals surface area contributed by atoms with Crippen LogP contribution in [0.15, 0.2) is 35.1 Å². The number of amides is 1. The molecular weight excluding hydrogens is 310 g/mol. The number of hydrogen-bond donors (Lipinski definition) is 2. The number of hydrogen-bond acceptors (Lipinski definition) is 5. The fourth-order valence-electron chi connectivity index (χ4n) is 2.11. The Balaban J connectivity index is 1.99. The summed E-state index contributed by atoms with van der Waals surface area (Å²) in [6.45, 7) is 4.01. The monoisotopic (exact) mass is 329 g/mol. The van der Waals surface area contributed by atoms with Crippen molar-refractivity contribution < 1.29 is 14.3 Å². The van der Waals surface area contributed by atoms with E-state index in [0.717, 1.165) is 0 Å². The number of aryl methyl sites for hydroxylation is 1. The summed E-state index contributed by atoms with van der Waals surface area (Å²) in [7, 11) is 0. The van der Waals surface area contributed by atoms with E-state index >= 15 is 0 Å². The van der Waals surface area contributed by atoms with Crippen LogP contribution in [0.2, 0.25) is 0 Å². The highest BCUT2D eigenvalue weighted by molar-refractivity contribution is 5.94. The number of ether oxygens (including phenoxy) is 1. The molecule has 1 aromatic heterocycles. The number of esters is 1. The van der Waals surface area contributed by atoms with Crippen molar-refractivity contribution in [2.24, 2.45) is 0 Å². The highest BCUT2D eigenvalue weighted by Gasteiger charge is 2.08. The molecule has 1 heterocycles. The van der Waals surface area contributed by atoms with E-state index in [0.29, 0.717) is 29.3 Å². The van der Waals surface area contributed by atoms with E-state index in [1.807, 2.05) is 0 Å². The van der Waals surface area contributed by atoms with Gasteiger partial charge < -0.3 is 15.0 Å². The van der Waals surface area contributed by atoms with E-state index < -0.39 is 0 Å².